The number of esters is 2. The lowest BCUT2D eigenvalue weighted by Crippen LogP contribution is -2.66. The third kappa shape index (κ3) is 3.96. The molecule has 0 aliphatic carbocycles. The summed E-state index contributed by atoms with van der Waals surface area (Å²) in [4.78, 5) is 22.7. The molecule has 1 saturated heterocycles. The Balaban J connectivity index is 2.53. The fraction of sp³-hybridized carbons (Fsp3) is 0.833. The van der Waals surface area contributed by atoms with Crippen LogP contribution >= 0.6 is 0 Å². The SMILES string of the molecule is COC(=O)C[N+]1(C)CC[N+](C)(CC(=O)OC)CC1. The molecule has 0 saturated carbocycles. The van der Waals surface area contributed by atoms with Crippen molar-refractivity contribution in [3.8, 4) is 0 Å². The Labute approximate surface area is 108 Å². The first-order valence-corrected chi connectivity index (χ1v) is 6.13. The largest absolute Gasteiger partial charge is 0.465 e. The molecular formula is C12H24N2O4+2. The van der Waals surface area contributed by atoms with Crippen molar-refractivity contribution in [2.45, 2.75) is 0 Å². The zero-order valence-corrected chi connectivity index (χ0v) is 11.8. The number of hydrogen-bond acceptors (Lipinski definition) is 4. The van der Waals surface area contributed by atoms with Gasteiger partial charge in [-0.15, -0.1) is 0 Å². The molecule has 0 aromatic rings. The normalized spacial score (nSPS) is 31.8. The first kappa shape index (κ1) is 14.9. The predicted octanol–water partition coefficient (Wildman–Crippen LogP) is -0.761. The van der Waals surface area contributed by atoms with E-state index in [2.05, 4.69) is 14.1 Å². The van der Waals surface area contributed by atoms with Crippen LogP contribution in [-0.2, 0) is 19.1 Å². The highest BCUT2D eigenvalue weighted by Gasteiger charge is 2.39. The van der Waals surface area contributed by atoms with E-state index >= 15 is 0 Å². The summed E-state index contributed by atoms with van der Waals surface area (Å²) in [5, 5.41) is 0. The summed E-state index contributed by atoms with van der Waals surface area (Å²) in [7, 11) is 6.93. The highest BCUT2D eigenvalue weighted by atomic mass is 16.5. The summed E-state index contributed by atoms with van der Waals surface area (Å²) in [6.45, 7) is 4.25. The standard InChI is InChI=1S/C12H24N2O4/c1-13(9-11(15)17-3)5-7-14(2,8-6-13)10-12(16)18-4/h5-10H2,1-4H3/q+2. The predicted molar refractivity (Wildman–Crippen MR) is 65.6 cm³/mol. The van der Waals surface area contributed by atoms with Crippen molar-refractivity contribution in [3.63, 3.8) is 0 Å². The Morgan fingerprint density at radius 1 is 0.833 bits per heavy atom. The molecule has 1 rings (SSSR count). The highest BCUT2D eigenvalue weighted by Crippen LogP contribution is 2.15. The minimum Gasteiger partial charge on any atom is -0.465 e. The van der Waals surface area contributed by atoms with Crippen molar-refractivity contribution in [2.75, 3.05) is 67.6 Å². The Morgan fingerprint density at radius 2 is 1.11 bits per heavy atom. The molecule has 0 unspecified atom stereocenters. The molecule has 0 aromatic heterocycles. The monoisotopic (exact) mass is 260 g/mol. The van der Waals surface area contributed by atoms with Crippen molar-refractivity contribution >= 4 is 11.9 Å². The van der Waals surface area contributed by atoms with E-state index in [0.29, 0.717) is 22.1 Å². The molecule has 104 valence electrons. The van der Waals surface area contributed by atoms with Crippen molar-refractivity contribution in [3.05, 3.63) is 0 Å². The van der Waals surface area contributed by atoms with Gasteiger partial charge in [0.2, 0.25) is 0 Å². The fourth-order valence-electron chi connectivity index (χ4n) is 2.26. The molecule has 0 bridgehead atoms. The van der Waals surface area contributed by atoms with Crippen LogP contribution in [0.3, 0.4) is 0 Å². The number of carbonyl (C=O) groups is 2. The number of carbonyl (C=O) groups excluding carboxylic acids is 2. The fourth-order valence-corrected chi connectivity index (χ4v) is 2.26. The molecule has 1 aliphatic rings. The zero-order chi connectivity index (χ0) is 13.8. The third-order valence-corrected chi connectivity index (χ3v) is 3.84. The molecule has 1 aliphatic heterocycles. The van der Waals surface area contributed by atoms with Crippen molar-refractivity contribution < 1.29 is 28.0 Å². The summed E-state index contributed by atoms with van der Waals surface area (Å²) in [6, 6.07) is 0. The van der Waals surface area contributed by atoms with Gasteiger partial charge in [0.15, 0.2) is 13.1 Å². The van der Waals surface area contributed by atoms with Crippen LogP contribution in [0.4, 0.5) is 0 Å². The number of quaternary nitrogens is 2. The van der Waals surface area contributed by atoms with Gasteiger partial charge in [-0.2, -0.15) is 0 Å². The minimum absolute atomic E-state index is 0.179. The van der Waals surface area contributed by atoms with Gasteiger partial charge in [-0.25, -0.2) is 9.59 Å². The average Bonchev–Trinajstić information content (AvgIpc) is 2.33. The Kier molecular flexibility index (Phi) is 4.70. The highest BCUT2D eigenvalue weighted by molar-refractivity contribution is 5.70. The van der Waals surface area contributed by atoms with E-state index in [1.54, 1.807) is 0 Å². The number of piperazine rings is 1. The molecule has 0 atom stereocenters. The van der Waals surface area contributed by atoms with Crippen molar-refractivity contribution in [1.82, 2.24) is 0 Å². The van der Waals surface area contributed by atoms with Gasteiger partial charge in [0.05, 0.1) is 28.3 Å². The second-order valence-corrected chi connectivity index (χ2v) is 5.60. The number of nitrogens with zero attached hydrogens (tertiary/aromatic N) is 2. The van der Waals surface area contributed by atoms with Crippen LogP contribution in [0, 0.1) is 0 Å². The molecule has 6 nitrogen and oxygen atoms in total. The van der Waals surface area contributed by atoms with Gasteiger partial charge >= 0.3 is 11.9 Å². The van der Waals surface area contributed by atoms with E-state index in [1.807, 2.05) is 0 Å². The number of ether oxygens (including phenoxy) is 2. The first-order valence-electron chi connectivity index (χ1n) is 6.13. The third-order valence-electron chi connectivity index (χ3n) is 3.84. The summed E-state index contributed by atoms with van der Waals surface area (Å²) >= 11 is 0. The van der Waals surface area contributed by atoms with Gasteiger partial charge in [-0.1, -0.05) is 0 Å². The summed E-state index contributed by atoms with van der Waals surface area (Å²) < 4.78 is 10.8. The number of rotatable bonds is 4. The maximum absolute atomic E-state index is 11.4. The quantitative estimate of drug-likeness (QED) is 0.492. The number of methoxy groups -OCH3 is 2. The molecule has 0 N–H and O–H groups in total. The van der Waals surface area contributed by atoms with E-state index in [1.165, 1.54) is 14.2 Å². The van der Waals surface area contributed by atoms with Crippen molar-refractivity contribution in [1.29, 1.82) is 0 Å². The summed E-state index contributed by atoms with van der Waals surface area (Å²) in [5.41, 5.74) is 0. The van der Waals surface area contributed by atoms with Gasteiger partial charge < -0.3 is 18.4 Å². The molecule has 1 fully saturated rings. The summed E-state index contributed by atoms with van der Waals surface area (Å²) in [6.07, 6.45) is 0. The molecule has 6 heteroatoms. The average molecular weight is 260 g/mol. The van der Waals surface area contributed by atoms with Gasteiger partial charge in [-0.3, -0.25) is 0 Å². The van der Waals surface area contributed by atoms with Gasteiger partial charge in [-0.05, 0) is 0 Å². The molecule has 1 heterocycles. The number of likely N-dealkylation sites (N-methyl/N-ethyl adjacent to an activating group) is 2. The second kappa shape index (κ2) is 5.67. The van der Waals surface area contributed by atoms with Crippen LogP contribution in [-0.4, -0.2) is 88.5 Å². The molecule has 0 spiro atoms. The molecular weight excluding hydrogens is 236 g/mol. The maximum atomic E-state index is 11.4. The Bertz CT molecular complexity index is 290. The minimum atomic E-state index is -0.179. The van der Waals surface area contributed by atoms with E-state index in [4.69, 9.17) is 9.47 Å². The van der Waals surface area contributed by atoms with Gasteiger partial charge in [0, 0.05) is 0 Å². The van der Waals surface area contributed by atoms with Gasteiger partial charge in [0.1, 0.15) is 26.2 Å². The Hall–Kier alpha value is -1.14. The molecule has 0 radical (unpaired) electrons. The smallest absolute Gasteiger partial charge is 0.361 e. The topological polar surface area (TPSA) is 52.6 Å². The first-order chi connectivity index (χ1) is 8.32. The molecule has 0 aromatic carbocycles. The van der Waals surface area contributed by atoms with E-state index in [0.717, 1.165) is 26.2 Å². The van der Waals surface area contributed by atoms with Crippen LogP contribution in [0.25, 0.3) is 0 Å². The zero-order valence-electron chi connectivity index (χ0n) is 11.8. The van der Waals surface area contributed by atoms with Gasteiger partial charge in [0.25, 0.3) is 0 Å². The Morgan fingerprint density at radius 3 is 1.33 bits per heavy atom. The van der Waals surface area contributed by atoms with Crippen LogP contribution in [0.5, 0.6) is 0 Å². The number of hydrogen-bond donors (Lipinski definition) is 0. The van der Waals surface area contributed by atoms with E-state index < -0.39 is 0 Å². The van der Waals surface area contributed by atoms with E-state index in [9.17, 15) is 9.59 Å². The lowest BCUT2D eigenvalue weighted by molar-refractivity contribution is -1.01. The van der Waals surface area contributed by atoms with Crippen LogP contribution < -0.4 is 0 Å². The maximum Gasteiger partial charge on any atom is 0.361 e. The van der Waals surface area contributed by atoms with E-state index in [-0.39, 0.29) is 11.9 Å². The van der Waals surface area contributed by atoms with Crippen molar-refractivity contribution in [2.24, 2.45) is 0 Å². The second-order valence-electron chi connectivity index (χ2n) is 5.60. The van der Waals surface area contributed by atoms with Crippen LogP contribution in [0.2, 0.25) is 0 Å². The lowest BCUT2D eigenvalue weighted by Gasteiger charge is -2.45. The van der Waals surface area contributed by atoms with Crippen LogP contribution in [0.1, 0.15) is 0 Å². The van der Waals surface area contributed by atoms with Crippen LogP contribution in [0.15, 0.2) is 0 Å². The molecule has 0 amide bonds. The lowest BCUT2D eigenvalue weighted by atomic mass is 10.2. The molecule has 18 heavy (non-hydrogen) atoms. The summed E-state index contributed by atoms with van der Waals surface area (Å²) in [5.74, 6) is -0.358.